The first-order valence-electron chi connectivity index (χ1n) is 8.70. The molecule has 0 aliphatic rings. The number of rotatable bonds is 9. The molecule has 2 rings (SSSR count). The lowest BCUT2D eigenvalue weighted by molar-refractivity contribution is 0.191. The maximum absolute atomic E-state index is 10.2. The van der Waals surface area contributed by atoms with Gasteiger partial charge in [-0.05, 0) is 49.6 Å². The van der Waals surface area contributed by atoms with Crippen molar-refractivity contribution in [1.29, 1.82) is 0 Å². The summed E-state index contributed by atoms with van der Waals surface area (Å²) in [5.41, 5.74) is 1.25. The summed E-state index contributed by atoms with van der Waals surface area (Å²) in [7, 11) is 1.68. The molecule has 8 heteroatoms. The Morgan fingerprint density at radius 3 is 2.78 bits per heavy atom. The Balaban J connectivity index is 0.00000364. The van der Waals surface area contributed by atoms with Crippen LogP contribution in [0, 0.1) is 0 Å². The van der Waals surface area contributed by atoms with Gasteiger partial charge in [0.25, 0.3) is 0 Å². The Bertz CT molecular complexity index is 712. The molecule has 0 saturated heterocycles. The molecule has 2 aromatic rings. The number of aliphatic hydroxyl groups excluding tert-OH is 1. The van der Waals surface area contributed by atoms with Crippen molar-refractivity contribution >= 4 is 52.9 Å². The average Bonchev–Trinajstić information content (AvgIpc) is 3.09. The van der Waals surface area contributed by atoms with Gasteiger partial charge in [-0.3, -0.25) is 4.99 Å². The summed E-state index contributed by atoms with van der Waals surface area (Å²) < 4.78 is 5.92. The number of halogens is 2. The van der Waals surface area contributed by atoms with E-state index in [1.54, 1.807) is 13.2 Å². The van der Waals surface area contributed by atoms with Gasteiger partial charge >= 0.3 is 0 Å². The molecule has 0 radical (unpaired) electrons. The summed E-state index contributed by atoms with van der Waals surface area (Å²) in [5, 5.41) is 16.7. The number of ether oxygens (including phenoxy) is 1. The van der Waals surface area contributed by atoms with Crippen molar-refractivity contribution in [2.45, 2.75) is 25.9 Å². The van der Waals surface area contributed by atoms with Crippen LogP contribution >= 0.6 is 46.9 Å². The second-order valence-electron chi connectivity index (χ2n) is 5.76. The summed E-state index contributed by atoms with van der Waals surface area (Å²) >= 11 is 7.29. The van der Waals surface area contributed by atoms with Crippen LogP contribution in [0.3, 0.4) is 0 Å². The second kappa shape index (κ2) is 13.2. The van der Waals surface area contributed by atoms with Crippen molar-refractivity contribution in [2.75, 3.05) is 26.7 Å². The minimum atomic E-state index is -0.639. The van der Waals surface area contributed by atoms with Gasteiger partial charge in [0.15, 0.2) is 5.96 Å². The molecule has 0 spiro atoms. The quantitative estimate of drug-likeness (QED) is 0.199. The van der Waals surface area contributed by atoms with E-state index in [0.717, 1.165) is 36.6 Å². The van der Waals surface area contributed by atoms with Gasteiger partial charge in [0.1, 0.15) is 11.9 Å². The first-order valence-corrected chi connectivity index (χ1v) is 9.90. The van der Waals surface area contributed by atoms with E-state index in [9.17, 15) is 5.11 Å². The first-order chi connectivity index (χ1) is 12.6. The van der Waals surface area contributed by atoms with E-state index < -0.39 is 6.10 Å². The normalized spacial score (nSPS) is 12.2. The molecule has 1 heterocycles. The van der Waals surface area contributed by atoms with E-state index in [2.05, 4.69) is 27.8 Å². The van der Waals surface area contributed by atoms with E-state index in [1.165, 1.54) is 16.9 Å². The van der Waals surface area contributed by atoms with Crippen LogP contribution in [0.1, 0.15) is 29.9 Å². The minimum Gasteiger partial charge on any atom is -0.497 e. The van der Waals surface area contributed by atoms with Gasteiger partial charge < -0.3 is 20.5 Å². The number of nitrogens with one attached hydrogen (secondary N) is 2. The van der Waals surface area contributed by atoms with Gasteiger partial charge in [-0.1, -0.05) is 23.7 Å². The Labute approximate surface area is 187 Å². The van der Waals surface area contributed by atoms with Crippen molar-refractivity contribution in [3.8, 4) is 5.75 Å². The van der Waals surface area contributed by atoms with Crippen LogP contribution in [0.15, 0.2) is 41.4 Å². The molecule has 0 amide bonds. The van der Waals surface area contributed by atoms with Crippen molar-refractivity contribution in [1.82, 2.24) is 10.6 Å². The topological polar surface area (TPSA) is 65.9 Å². The van der Waals surface area contributed by atoms with Gasteiger partial charge in [-0.15, -0.1) is 35.3 Å². The molecule has 1 aromatic carbocycles. The van der Waals surface area contributed by atoms with Crippen molar-refractivity contribution < 1.29 is 9.84 Å². The fourth-order valence-corrected chi connectivity index (χ4v) is 3.48. The molecule has 27 heavy (non-hydrogen) atoms. The molecule has 3 N–H and O–H groups in total. The van der Waals surface area contributed by atoms with E-state index >= 15 is 0 Å². The maximum Gasteiger partial charge on any atom is 0.191 e. The summed E-state index contributed by atoms with van der Waals surface area (Å²) in [5.74, 6) is 1.59. The molecule has 5 nitrogen and oxygen atoms in total. The fraction of sp³-hybridized carbons (Fsp3) is 0.421. The van der Waals surface area contributed by atoms with Gasteiger partial charge in [-0.2, -0.15) is 0 Å². The average molecular weight is 524 g/mol. The van der Waals surface area contributed by atoms with Gasteiger partial charge in [0.2, 0.25) is 0 Å². The third-order valence-corrected chi connectivity index (χ3v) is 5.09. The molecule has 0 bridgehead atoms. The number of thiophene rings is 1. The summed E-state index contributed by atoms with van der Waals surface area (Å²) in [4.78, 5) is 5.29. The van der Waals surface area contributed by atoms with Crippen molar-refractivity contribution in [3.05, 3.63) is 51.2 Å². The van der Waals surface area contributed by atoms with Crippen LogP contribution < -0.4 is 15.4 Å². The molecule has 1 aromatic heterocycles. The molecule has 0 aliphatic heterocycles. The first kappa shape index (κ1) is 24.0. The highest BCUT2D eigenvalue weighted by Gasteiger charge is 2.10. The predicted molar refractivity (Wildman–Crippen MR) is 125 cm³/mol. The van der Waals surface area contributed by atoms with E-state index in [1.807, 2.05) is 25.1 Å². The number of nitrogens with zero attached hydrogens (tertiary/aromatic N) is 1. The number of aliphatic hydroxyl groups is 1. The fourth-order valence-electron chi connectivity index (χ4n) is 2.44. The number of guanidine groups is 1. The third kappa shape index (κ3) is 8.68. The van der Waals surface area contributed by atoms with Crippen LogP contribution in [0.25, 0.3) is 0 Å². The van der Waals surface area contributed by atoms with Gasteiger partial charge in [0, 0.05) is 18.0 Å². The Morgan fingerprint density at radius 1 is 1.30 bits per heavy atom. The molecule has 0 saturated carbocycles. The number of aryl methyl sites for hydroxylation is 1. The van der Waals surface area contributed by atoms with E-state index in [-0.39, 0.29) is 24.0 Å². The van der Waals surface area contributed by atoms with E-state index in [4.69, 9.17) is 16.3 Å². The van der Waals surface area contributed by atoms with Crippen LogP contribution in [-0.2, 0) is 6.42 Å². The number of hydrogen-bond donors (Lipinski definition) is 3. The second-order valence-corrected chi connectivity index (χ2v) is 7.51. The van der Waals surface area contributed by atoms with Gasteiger partial charge in [-0.25, -0.2) is 0 Å². The number of aliphatic imine (C=N–C) groups is 1. The highest BCUT2D eigenvalue weighted by atomic mass is 127. The minimum absolute atomic E-state index is 0. The molecular formula is C19H27ClIN3O2S. The van der Waals surface area contributed by atoms with E-state index in [0.29, 0.717) is 16.8 Å². The lowest BCUT2D eigenvalue weighted by atomic mass is 10.1. The van der Waals surface area contributed by atoms with Crippen LogP contribution in [-0.4, -0.2) is 37.8 Å². The maximum atomic E-state index is 10.2. The molecule has 1 unspecified atom stereocenters. The summed E-state index contributed by atoms with van der Waals surface area (Å²) in [6, 6.07) is 11.7. The van der Waals surface area contributed by atoms with Gasteiger partial charge in [0.05, 0.1) is 18.0 Å². The van der Waals surface area contributed by atoms with Crippen LogP contribution in [0.5, 0.6) is 5.75 Å². The molecular weight excluding hydrogens is 497 g/mol. The highest BCUT2D eigenvalue weighted by Crippen LogP contribution is 2.26. The smallest absolute Gasteiger partial charge is 0.191 e. The molecule has 0 fully saturated rings. The Morgan fingerprint density at radius 2 is 2.11 bits per heavy atom. The number of benzene rings is 1. The molecule has 150 valence electrons. The number of methoxy groups -OCH3 is 1. The number of hydrogen-bond acceptors (Lipinski definition) is 4. The van der Waals surface area contributed by atoms with Crippen LogP contribution in [0.4, 0.5) is 0 Å². The Hall–Kier alpha value is -1.03. The zero-order valence-electron chi connectivity index (χ0n) is 15.6. The molecule has 0 aliphatic carbocycles. The highest BCUT2D eigenvalue weighted by molar-refractivity contribution is 14.0. The lowest BCUT2D eigenvalue weighted by Gasteiger charge is -2.13. The Kier molecular flexibility index (Phi) is 11.7. The van der Waals surface area contributed by atoms with Crippen molar-refractivity contribution in [3.63, 3.8) is 0 Å². The largest absolute Gasteiger partial charge is 0.497 e. The van der Waals surface area contributed by atoms with Crippen molar-refractivity contribution in [2.24, 2.45) is 4.99 Å². The molecule has 1 atom stereocenters. The standard InChI is InChI=1S/C19H26ClN3O2S.HI/c1-3-21-19(23-13-16(24)17-9-10-18(20)26-17)22-11-5-7-14-6-4-8-15(12-14)25-2;/h4,6,8-10,12,16,24H,3,5,7,11,13H2,1-2H3,(H2,21,22,23);1H. The monoisotopic (exact) mass is 523 g/mol. The predicted octanol–water partition coefficient (Wildman–Crippen LogP) is 4.25. The van der Waals surface area contributed by atoms with Crippen LogP contribution in [0.2, 0.25) is 4.34 Å². The zero-order chi connectivity index (χ0) is 18.8. The zero-order valence-corrected chi connectivity index (χ0v) is 19.5. The third-order valence-electron chi connectivity index (χ3n) is 3.76. The lowest BCUT2D eigenvalue weighted by Crippen LogP contribution is -2.38. The summed E-state index contributed by atoms with van der Waals surface area (Å²) in [6.45, 7) is 3.87. The SMILES string of the molecule is CCNC(=NCC(O)c1ccc(Cl)s1)NCCCc1cccc(OC)c1.I. The summed E-state index contributed by atoms with van der Waals surface area (Å²) in [6.07, 6.45) is 1.29.